The van der Waals surface area contributed by atoms with Gasteiger partial charge in [0.1, 0.15) is 0 Å². The first-order valence-corrected chi connectivity index (χ1v) is 6.76. The fourth-order valence-electron chi connectivity index (χ4n) is 2.13. The normalized spacial score (nSPS) is 12.7. The van der Waals surface area contributed by atoms with Crippen LogP contribution < -0.4 is 0 Å². The van der Waals surface area contributed by atoms with Crippen LogP contribution in [0.4, 0.5) is 13.2 Å². The van der Waals surface area contributed by atoms with E-state index in [1.807, 2.05) is 6.92 Å². The third-order valence-electron chi connectivity index (χ3n) is 3.31. The van der Waals surface area contributed by atoms with E-state index < -0.39 is 23.6 Å². The van der Waals surface area contributed by atoms with Gasteiger partial charge in [-0.15, -0.1) is 0 Å². The minimum atomic E-state index is -1.60. The molecule has 0 aliphatic rings. The molecule has 1 aromatic carbocycles. The van der Waals surface area contributed by atoms with Crippen molar-refractivity contribution in [1.82, 2.24) is 9.78 Å². The van der Waals surface area contributed by atoms with Crippen LogP contribution in [0, 0.1) is 17.5 Å². The van der Waals surface area contributed by atoms with Crippen LogP contribution in [0.1, 0.15) is 30.0 Å². The molecule has 0 spiro atoms. The molecular formula is C14H14ClF3N2O. The standard InChI is InChI=1S/C14H14ClF3N2O/c1-3-9-12(15)10(20(2)19-9)6-11(21)7-4-5-8(16)14(18)13(7)17/h4-5,11,21H,3,6H2,1-2H3. The lowest BCUT2D eigenvalue weighted by Gasteiger charge is -2.13. The Kier molecular flexibility index (Phi) is 4.58. The van der Waals surface area contributed by atoms with E-state index in [0.29, 0.717) is 22.8 Å². The second kappa shape index (κ2) is 6.07. The van der Waals surface area contributed by atoms with E-state index in [-0.39, 0.29) is 12.0 Å². The Morgan fingerprint density at radius 1 is 1.29 bits per heavy atom. The highest BCUT2D eigenvalue weighted by Gasteiger charge is 2.22. The van der Waals surface area contributed by atoms with Crippen molar-refractivity contribution < 1.29 is 18.3 Å². The van der Waals surface area contributed by atoms with Crippen molar-refractivity contribution in [3.8, 4) is 0 Å². The number of benzene rings is 1. The van der Waals surface area contributed by atoms with Crippen LogP contribution in [0.25, 0.3) is 0 Å². The molecule has 1 unspecified atom stereocenters. The molecule has 1 heterocycles. The number of aromatic nitrogens is 2. The van der Waals surface area contributed by atoms with Crippen LogP contribution >= 0.6 is 11.6 Å². The van der Waals surface area contributed by atoms with Crippen LogP contribution in [-0.2, 0) is 19.9 Å². The second-order valence-electron chi connectivity index (χ2n) is 4.67. The largest absolute Gasteiger partial charge is 0.388 e. The molecule has 3 nitrogen and oxygen atoms in total. The van der Waals surface area contributed by atoms with Crippen molar-refractivity contribution >= 4 is 11.6 Å². The molecule has 1 atom stereocenters. The van der Waals surface area contributed by atoms with Crippen molar-refractivity contribution in [2.24, 2.45) is 7.05 Å². The summed E-state index contributed by atoms with van der Waals surface area (Å²) < 4.78 is 41.2. The van der Waals surface area contributed by atoms with E-state index in [4.69, 9.17) is 11.6 Å². The summed E-state index contributed by atoms with van der Waals surface area (Å²) in [4.78, 5) is 0. The first kappa shape index (κ1) is 15.9. The number of halogens is 4. The van der Waals surface area contributed by atoms with E-state index in [2.05, 4.69) is 5.10 Å². The number of aliphatic hydroxyl groups excluding tert-OH is 1. The fraction of sp³-hybridized carbons (Fsp3) is 0.357. The fourth-order valence-corrected chi connectivity index (χ4v) is 2.50. The molecule has 2 rings (SSSR count). The van der Waals surface area contributed by atoms with E-state index >= 15 is 0 Å². The Balaban J connectivity index is 2.33. The van der Waals surface area contributed by atoms with Crippen LogP contribution in [0.2, 0.25) is 5.02 Å². The first-order valence-electron chi connectivity index (χ1n) is 6.38. The van der Waals surface area contributed by atoms with Crippen LogP contribution in [0.5, 0.6) is 0 Å². The maximum atomic E-state index is 13.7. The minimum absolute atomic E-state index is 0.0513. The molecule has 0 saturated carbocycles. The third-order valence-corrected chi connectivity index (χ3v) is 3.75. The monoisotopic (exact) mass is 318 g/mol. The quantitative estimate of drug-likeness (QED) is 0.878. The zero-order valence-corrected chi connectivity index (χ0v) is 12.3. The van der Waals surface area contributed by atoms with Gasteiger partial charge < -0.3 is 5.11 Å². The van der Waals surface area contributed by atoms with Crippen molar-refractivity contribution in [2.75, 3.05) is 0 Å². The average Bonchev–Trinajstić information content (AvgIpc) is 2.72. The molecule has 0 saturated heterocycles. The van der Waals surface area contributed by atoms with E-state index in [0.717, 1.165) is 12.1 Å². The van der Waals surface area contributed by atoms with Crippen LogP contribution in [0.15, 0.2) is 12.1 Å². The number of rotatable bonds is 4. The van der Waals surface area contributed by atoms with Gasteiger partial charge in [0.25, 0.3) is 0 Å². The summed E-state index contributed by atoms with van der Waals surface area (Å²) in [5.74, 6) is -4.29. The Bertz CT molecular complexity index is 673. The highest BCUT2D eigenvalue weighted by atomic mass is 35.5. The predicted molar refractivity (Wildman–Crippen MR) is 72.6 cm³/mol. The van der Waals surface area contributed by atoms with Gasteiger partial charge in [0.15, 0.2) is 17.5 Å². The molecule has 2 aromatic rings. The predicted octanol–water partition coefficient (Wildman–Crippen LogP) is 3.33. The molecule has 0 fully saturated rings. The molecule has 7 heteroatoms. The summed E-state index contributed by atoms with van der Waals surface area (Å²) in [5.41, 5.74) is 0.849. The zero-order chi connectivity index (χ0) is 15.7. The zero-order valence-electron chi connectivity index (χ0n) is 11.5. The molecule has 0 amide bonds. The van der Waals surface area contributed by atoms with Crippen molar-refractivity contribution in [3.63, 3.8) is 0 Å². The topological polar surface area (TPSA) is 38.0 Å². The van der Waals surface area contributed by atoms with Gasteiger partial charge >= 0.3 is 0 Å². The molecule has 1 aromatic heterocycles. The summed E-state index contributed by atoms with van der Waals surface area (Å²) in [7, 11) is 1.65. The maximum absolute atomic E-state index is 13.7. The number of aryl methyl sites for hydroxylation is 2. The Labute approximate surface area is 125 Å². The number of nitrogens with zero attached hydrogens (tertiary/aromatic N) is 2. The number of hydrogen-bond donors (Lipinski definition) is 1. The van der Waals surface area contributed by atoms with Crippen molar-refractivity contribution in [2.45, 2.75) is 25.9 Å². The lowest BCUT2D eigenvalue weighted by Crippen LogP contribution is -2.10. The van der Waals surface area contributed by atoms with E-state index in [9.17, 15) is 18.3 Å². The second-order valence-corrected chi connectivity index (χ2v) is 5.05. The van der Waals surface area contributed by atoms with E-state index in [1.54, 1.807) is 7.05 Å². The number of hydrogen-bond acceptors (Lipinski definition) is 2. The third kappa shape index (κ3) is 2.91. The first-order chi connectivity index (χ1) is 9.86. The van der Waals surface area contributed by atoms with Gasteiger partial charge in [-0.1, -0.05) is 24.6 Å². The minimum Gasteiger partial charge on any atom is -0.388 e. The van der Waals surface area contributed by atoms with Gasteiger partial charge in [0.2, 0.25) is 0 Å². The van der Waals surface area contributed by atoms with Crippen LogP contribution in [-0.4, -0.2) is 14.9 Å². The molecule has 21 heavy (non-hydrogen) atoms. The number of aliphatic hydroxyl groups is 1. The maximum Gasteiger partial charge on any atom is 0.194 e. The molecule has 0 radical (unpaired) electrons. The van der Waals surface area contributed by atoms with Crippen molar-refractivity contribution in [1.29, 1.82) is 0 Å². The molecule has 0 aliphatic heterocycles. The summed E-state index contributed by atoms with van der Waals surface area (Å²) in [6, 6.07) is 1.79. The van der Waals surface area contributed by atoms with E-state index in [1.165, 1.54) is 4.68 Å². The van der Waals surface area contributed by atoms with Gasteiger partial charge in [-0.25, -0.2) is 13.2 Å². The highest BCUT2D eigenvalue weighted by molar-refractivity contribution is 6.31. The molecule has 0 bridgehead atoms. The molecule has 114 valence electrons. The summed E-state index contributed by atoms with van der Waals surface area (Å²) in [6.45, 7) is 1.88. The lowest BCUT2D eigenvalue weighted by atomic mass is 10.0. The Morgan fingerprint density at radius 2 is 1.95 bits per heavy atom. The lowest BCUT2D eigenvalue weighted by molar-refractivity contribution is 0.169. The van der Waals surface area contributed by atoms with Crippen molar-refractivity contribution in [3.05, 3.63) is 51.6 Å². The van der Waals surface area contributed by atoms with Crippen LogP contribution in [0.3, 0.4) is 0 Å². The average molecular weight is 319 g/mol. The van der Waals surface area contributed by atoms with Gasteiger partial charge in [-0.2, -0.15) is 5.10 Å². The summed E-state index contributed by atoms with van der Waals surface area (Å²) >= 11 is 6.14. The molecule has 0 aliphatic carbocycles. The SMILES string of the molecule is CCc1nn(C)c(CC(O)c2ccc(F)c(F)c2F)c1Cl. The summed E-state index contributed by atoms with van der Waals surface area (Å²) in [6.07, 6.45) is -0.787. The molecular weight excluding hydrogens is 305 g/mol. The van der Waals surface area contributed by atoms with Gasteiger partial charge in [-0.05, 0) is 12.5 Å². The van der Waals surface area contributed by atoms with Gasteiger partial charge in [0.05, 0.1) is 22.5 Å². The molecule has 1 N–H and O–H groups in total. The highest BCUT2D eigenvalue weighted by Crippen LogP contribution is 2.28. The Hall–Kier alpha value is -1.53. The Morgan fingerprint density at radius 3 is 2.52 bits per heavy atom. The smallest absolute Gasteiger partial charge is 0.194 e. The summed E-state index contributed by atoms with van der Waals surface area (Å²) in [5, 5.41) is 14.6. The van der Waals surface area contributed by atoms with Gasteiger partial charge in [-0.3, -0.25) is 4.68 Å². The van der Waals surface area contributed by atoms with Gasteiger partial charge in [0, 0.05) is 19.0 Å².